The molecule has 0 spiro atoms. The van der Waals surface area contributed by atoms with Gasteiger partial charge in [0.25, 0.3) is 0 Å². The average Bonchev–Trinajstić information content (AvgIpc) is 1.97. The van der Waals surface area contributed by atoms with Crippen molar-refractivity contribution in [1.29, 1.82) is 0 Å². The lowest BCUT2D eigenvalue weighted by molar-refractivity contribution is -0.138. The second kappa shape index (κ2) is 3.96. The first-order valence-corrected chi connectivity index (χ1v) is 4.57. The van der Waals surface area contributed by atoms with Crippen LogP contribution in [-0.4, -0.2) is 5.60 Å². The van der Waals surface area contributed by atoms with Gasteiger partial charge in [-0.2, -0.15) is 13.2 Å². The molecule has 1 rings (SSSR count). The van der Waals surface area contributed by atoms with Crippen molar-refractivity contribution in [3.8, 4) is 5.75 Å². The Balaban J connectivity index is 3.09. The molecule has 0 heterocycles. The fraction of sp³-hybridized carbons (Fsp3) is 0.455. The highest BCUT2D eigenvalue weighted by Gasteiger charge is 2.32. The number of halogens is 4. The van der Waals surface area contributed by atoms with Crippen LogP contribution in [0.15, 0.2) is 12.1 Å². The molecular weight excluding hydrogens is 224 g/mol. The van der Waals surface area contributed by atoms with E-state index in [1.54, 1.807) is 26.8 Å². The fourth-order valence-corrected chi connectivity index (χ4v) is 1.07. The highest BCUT2D eigenvalue weighted by Crippen LogP contribution is 2.32. The SMILES string of the molecule is CC(C)(C)Oc1cc(F)[c]c(C(F)(F)F)c1. The molecule has 0 aromatic heterocycles. The van der Waals surface area contributed by atoms with Crippen molar-refractivity contribution < 1.29 is 22.3 Å². The quantitative estimate of drug-likeness (QED) is 0.672. The molecule has 1 nitrogen and oxygen atoms in total. The van der Waals surface area contributed by atoms with Crippen LogP contribution in [0.5, 0.6) is 5.75 Å². The zero-order valence-electron chi connectivity index (χ0n) is 9.07. The Morgan fingerprint density at radius 1 is 1.12 bits per heavy atom. The van der Waals surface area contributed by atoms with Crippen LogP contribution in [0, 0.1) is 11.9 Å². The first-order valence-electron chi connectivity index (χ1n) is 4.57. The largest absolute Gasteiger partial charge is 0.488 e. The van der Waals surface area contributed by atoms with E-state index in [2.05, 4.69) is 0 Å². The van der Waals surface area contributed by atoms with Gasteiger partial charge in [0.05, 0.1) is 5.56 Å². The summed E-state index contributed by atoms with van der Waals surface area (Å²) in [6.07, 6.45) is -4.63. The van der Waals surface area contributed by atoms with Crippen LogP contribution in [0.25, 0.3) is 0 Å². The Morgan fingerprint density at radius 2 is 1.69 bits per heavy atom. The predicted octanol–water partition coefficient (Wildman–Crippen LogP) is 3.82. The smallest absolute Gasteiger partial charge is 0.417 e. The predicted molar refractivity (Wildman–Crippen MR) is 50.6 cm³/mol. The van der Waals surface area contributed by atoms with Gasteiger partial charge in [-0.05, 0) is 26.8 Å². The van der Waals surface area contributed by atoms with Gasteiger partial charge >= 0.3 is 6.18 Å². The summed E-state index contributed by atoms with van der Waals surface area (Å²) in [4.78, 5) is 0. The van der Waals surface area contributed by atoms with Crippen molar-refractivity contribution in [3.63, 3.8) is 0 Å². The maximum absolute atomic E-state index is 12.9. The number of hydrogen-bond donors (Lipinski definition) is 0. The normalized spacial score (nSPS) is 12.7. The summed E-state index contributed by atoms with van der Waals surface area (Å²) < 4.78 is 55.0. The van der Waals surface area contributed by atoms with E-state index in [-0.39, 0.29) is 5.75 Å². The summed E-state index contributed by atoms with van der Waals surface area (Å²) in [5.41, 5.74) is -1.86. The van der Waals surface area contributed by atoms with Crippen molar-refractivity contribution in [1.82, 2.24) is 0 Å². The number of hydrogen-bond acceptors (Lipinski definition) is 1. The lowest BCUT2D eigenvalue weighted by Crippen LogP contribution is -2.23. The number of alkyl halides is 3. The molecule has 0 aliphatic rings. The summed E-state index contributed by atoms with van der Waals surface area (Å²) in [6.45, 7) is 4.98. The van der Waals surface area contributed by atoms with Crippen LogP contribution in [0.2, 0.25) is 0 Å². The second-order valence-electron chi connectivity index (χ2n) is 4.29. The summed E-state index contributed by atoms with van der Waals surface area (Å²) in [5.74, 6) is -1.25. The summed E-state index contributed by atoms with van der Waals surface area (Å²) in [6, 6.07) is 3.21. The molecule has 0 atom stereocenters. The zero-order chi connectivity index (χ0) is 12.6. The fourth-order valence-electron chi connectivity index (χ4n) is 1.07. The van der Waals surface area contributed by atoms with Gasteiger partial charge in [0.1, 0.15) is 17.2 Å². The summed E-state index contributed by atoms with van der Waals surface area (Å²) >= 11 is 0. The molecule has 0 N–H and O–H groups in total. The van der Waals surface area contributed by atoms with Crippen LogP contribution in [0.1, 0.15) is 26.3 Å². The highest BCUT2D eigenvalue weighted by atomic mass is 19.4. The minimum Gasteiger partial charge on any atom is -0.488 e. The molecule has 0 aliphatic carbocycles. The topological polar surface area (TPSA) is 9.23 Å². The van der Waals surface area contributed by atoms with Crippen molar-refractivity contribution in [3.05, 3.63) is 29.6 Å². The third kappa shape index (κ3) is 3.72. The van der Waals surface area contributed by atoms with E-state index < -0.39 is 23.2 Å². The van der Waals surface area contributed by atoms with Crippen LogP contribution in [-0.2, 0) is 6.18 Å². The summed E-state index contributed by atoms with van der Waals surface area (Å²) in [7, 11) is 0. The molecule has 0 saturated heterocycles. The minimum atomic E-state index is -4.63. The Hall–Kier alpha value is -1.26. The first kappa shape index (κ1) is 12.8. The maximum Gasteiger partial charge on any atom is 0.417 e. The van der Waals surface area contributed by atoms with Crippen molar-refractivity contribution >= 4 is 0 Å². The van der Waals surface area contributed by atoms with E-state index in [1.807, 2.05) is 0 Å². The average molecular weight is 235 g/mol. The van der Waals surface area contributed by atoms with Crippen molar-refractivity contribution in [2.75, 3.05) is 0 Å². The molecule has 0 aliphatic heterocycles. The minimum absolute atomic E-state index is 0.156. The third-order valence-corrected chi connectivity index (χ3v) is 1.54. The standard InChI is InChI=1S/C11H11F4O/c1-10(2,3)16-9-5-7(11(13,14)15)4-8(12)6-9/h5-6H,1-3H3. The molecular formula is C11H11F4O. The van der Waals surface area contributed by atoms with E-state index in [0.29, 0.717) is 0 Å². The van der Waals surface area contributed by atoms with Gasteiger partial charge in [-0.1, -0.05) is 0 Å². The number of benzene rings is 1. The summed E-state index contributed by atoms with van der Waals surface area (Å²) in [5, 5.41) is 0. The maximum atomic E-state index is 12.9. The molecule has 1 radical (unpaired) electrons. The van der Waals surface area contributed by atoms with Gasteiger partial charge in [0.2, 0.25) is 0 Å². The van der Waals surface area contributed by atoms with Gasteiger partial charge in [-0.25, -0.2) is 4.39 Å². The molecule has 89 valence electrons. The molecule has 0 bridgehead atoms. The lowest BCUT2D eigenvalue weighted by Gasteiger charge is -2.21. The number of ether oxygens (including phenoxy) is 1. The molecule has 16 heavy (non-hydrogen) atoms. The molecule has 0 saturated carbocycles. The van der Waals surface area contributed by atoms with Gasteiger partial charge in [0, 0.05) is 12.1 Å². The Bertz CT molecular complexity index is 377. The molecule has 0 amide bonds. The Morgan fingerprint density at radius 3 is 2.12 bits per heavy atom. The zero-order valence-corrected chi connectivity index (χ0v) is 9.07. The first-order chi connectivity index (χ1) is 7.08. The Kier molecular flexibility index (Phi) is 3.17. The van der Waals surface area contributed by atoms with Crippen molar-refractivity contribution in [2.45, 2.75) is 32.5 Å². The van der Waals surface area contributed by atoms with Crippen LogP contribution >= 0.6 is 0 Å². The van der Waals surface area contributed by atoms with Crippen molar-refractivity contribution in [2.24, 2.45) is 0 Å². The Labute approximate surface area is 91.0 Å². The molecule has 1 aromatic rings. The van der Waals surface area contributed by atoms with E-state index in [4.69, 9.17) is 4.74 Å². The van der Waals surface area contributed by atoms with Crippen LogP contribution in [0.4, 0.5) is 17.6 Å². The van der Waals surface area contributed by atoms with Gasteiger partial charge in [-0.3, -0.25) is 0 Å². The van der Waals surface area contributed by atoms with Gasteiger partial charge in [-0.15, -0.1) is 0 Å². The lowest BCUT2D eigenvalue weighted by atomic mass is 10.1. The molecule has 5 heteroatoms. The number of rotatable bonds is 1. The second-order valence-corrected chi connectivity index (χ2v) is 4.29. The van der Waals surface area contributed by atoms with E-state index in [9.17, 15) is 17.6 Å². The van der Waals surface area contributed by atoms with E-state index in [1.165, 1.54) is 0 Å². The highest BCUT2D eigenvalue weighted by molar-refractivity contribution is 5.30. The van der Waals surface area contributed by atoms with E-state index >= 15 is 0 Å². The van der Waals surface area contributed by atoms with Gasteiger partial charge < -0.3 is 4.74 Å². The van der Waals surface area contributed by atoms with Crippen LogP contribution in [0.3, 0.4) is 0 Å². The monoisotopic (exact) mass is 235 g/mol. The third-order valence-electron chi connectivity index (χ3n) is 1.54. The molecule has 0 unspecified atom stereocenters. The molecule has 0 fully saturated rings. The molecule has 1 aromatic carbocycles. The van der Waals surface area contributed by atoms with E-state index in [0.717, 1.165) is 12.1 Å². The van der Waals surface area contributed by atoms with Gasteiger partial charge in [0.15, 0.2) is 0 Å². The van der Waals surface area contributed by atoms with Crippen LogP contribution < -0.4 is 4.74 Å².